The zero-order chi connectivity index (χ0) is 12.5. The molecule has 1 fully saturated rings. The van der Waals surface area contributed by atoms with E-state index in [-0.39, 0.29) is 0 Å². The minimum absolute atomic E-state index is 0.532. The molecule has 1 aliphatic rings. The molecule has 1 N–H and O–H groups in total. The van der Waals surface area contributed by atoms with Crippen molar-refractivity contribution in [3.05, 3.63) is 17.5 Å². The van der Waals surface area contributed by atoms with Gasteiger partial charge in [-0.15, -0.1) is 0 Å². The van der Waals surface area contributed by atoms with Crippen molar-refractivity contribution in [2.45, 2.75) is 25.9 Å². The summed E-state index contributed by atoms with van der Waals surface area (Å²) in [6.45, 7) is 2.96. The lowest BCUT2D eigenvalue weighted by atomic mass is 9.74. The maximum absolute atomic E-state index is 10.5. The highest BCUT2D eigenvalue weighted by Gasteiger charge is 2.41. The average molecular weight is 235 g/mol. The minimum atomic E-state index is -0.787. The molecule has 0 aliphatic carbocycles. The molecule has 17 heavy (non-hydrogen) atoms. The zero-order valence-corrected chi connectivity index (χ0v) is 10.2. The van der Waals surface area contributed by atoms with E-state index in [0.717, 1.165) is 11.3 Å². The van der Waals surface area contributed by atoms with Gasteiger partial charge >= 0.3 is 0 Å². The number of aliphatic hydroxyl groups excluding tert-OH is 1. The molecule has 1 saturated heterocycles. The maximum Gasteiger partial charge on any atom is 0.101 e. The predicted molar refractivity (Wildman–Crippen MR) is 61.0 cm³/mol. The van der Waals surface area contributed by atoms with Crippen LogP contribution in [0.15, 0.2) is 6.20 Å². The van der Waals surface area contributed by atoms with Crippen LogP contribution in [0.4, 0.5) is 0 Å². The van der Waals surface area contributed by atoms with Crippen molar-refractivity contribution in [1.82, 2.24) is 9.78 Å². The van der Waals surface area contributed by atoms with Gasteiger partial charge in [-0.3, -0.25) is 4.68 Å². The largest absolute Gasteiger partial charge is 0.387 e. The van der Waals surface area contributed by atoms with Gasteiger partial charge in [-0.05, 0) is 19.8 Å². The molecule has 5 nitrogen and oxygen atoms in total. The Bertz CT molecular complexity index is 441. The monoisotopic (exact) mass is 235 g/mol. The Morgan fingerprint density at radius 3 is 2.71 bits per heavy atom. The number of aryl methyl sites for hydroxylation is 1. The third kappa shape index (κ3) is 1.94. The molecule has 1 aromatic rings. The van der Waals surface area contributed by atoms with Crippen molar-refractivity contribution in [2.24, 2.45) is 12.5 Å². The van der Waals surface area contributed by atoms with Crippen LogP contribution in [-0.4, -0.2) is 28.1 Å². The summed E-state index contributed by atoms with van der Waals surface area (Å²) in [4.78, 5) is 0. The fourth-order valence-electron chi connectivity index (χ4n) is 2.26. The standard InChI is InChI=1S/C12H17N3O2/c1-9-10(7-14-15(9)2)11(16)12(8-13)3-5-17-6-4-12/h7,11,16H,3-6H2,1-2H3. The van der Waals surface area contributed by atoms with Gasteiger partial charge in [0.15, 0.2) is 0 Å². The third-order valence-electron chi connectivity index (χ3n) is 3.70. The van der Waals surface area contributed by atoms with Crippen molar-refractivity contribution in [1.29, 1.82) is 5.26 Å². The lowest BCUT2D eigenvalue weighted by molar-refractivity contribution is -0.0312. The van der Waals surface area contributed by atoms with Gasteiger partial charge in [0, 0.05) is 31.5 Å². The molecule has 1 aromatic heterocycles. The quantitative estimate of drug-likeness (QED) is 0.832. The summed E-state index contributed by atoms with van der Waals surface area (Å²) in [7, 11) is 1.83. The summed E-state index contributed by atoms with van der Waals surface area (Å²) in [5.41, 5.74) is 0.918. The normalized spacial score (nSPS) is 20.8. The Hall–Kier alpha value is -1.38. The highest BCUT2D eigenvalue weighted by atomic mass is 16.5. The van der Waals surface area contributed by atoms with Crippen LogP contribution in [0.1, 0.15) is 30.2 Å². The molecule has 1 atom stereocenters. The third-order valence-corrected chi connectivity index (χ3v) is 3.70. The number of hydrogen-bond donors (Lipinski definition) is 1. The summed E-state index contributed by atoms with van der Waals surface area (Å²) in [6, 6.07) is 2.29. The molecule has 2 heterocycles. The van der Waals surface area contributed by atoms with Gasteiger partial charge in [0.25, 0.3) is 0 Å². The summed E-state index contributed by atoms with van der Waals surface area (Å²) >= 11 is 0. The predicted octanol–water partition coefficient (Wildman–Crippen LogP) is 1.08. The zero-order valence-electron chi connectivity index (χ0n) is 10.2. The van der Waals surface area contributed by atoms with Crippen LogP contribution in [0.2, 0.25) is 0 Å². The number of aromatic nitrogens is 2. The molecule has 1 aliphatic heterocycles. The number of aliphatic hydroxyl groups is 1. The van der Waals surface area contributed by atoms with Crippen LogP contribution in [0.25, 0.3) is 0 Å². The molecule has 0 saturated carbocycles. The van der Waals surface area contributed by atoms with E-state index in [1.165, 1.54) is 0 Å². The van der Waals surface area contributed by atoms with E-state index in [9.17, 15) is 10.4 Å². The average Bonchev–Trinajstić information content (AvgIpc) is 2.70. The first-order valence-electron chi connectivity index (χ1n) is 5.76. The van der Waals surface area contributed by atoms with Gasteiger partial charge in [-0.25, -0.2) is 0 Å². The second-order valence-corrected chi connectivity index (χ2v) is 4.59. The second kappa shape index (κ2) is 4.47. The van der Waals surface area contributed by atoms with Crippen LogP contribution in [0.3, 0.4) is 0 Å². The molecule has 0 amide bonds. The Kier molecular flexibility index (Phi) is 3.18. The summed E-state index contributed by atoms with van der Waals surface area (Å²) in [5.74, 6) is 0. The van der Waals surface area contributed by atoms with Crippen LogP contribution in [-0.2, 0) is 11.8 Å². The molecular formula is C12H17N3O2. The highest BCUT2D eigenvalue weighted by Crippen LogP contribution is 2.42. The van der Waals surface area contributed by atoms with Crippen LogP contribution >= 0.6 is 0 Å². The lowest BCUT2D eigenvalue weighted by Crippen LogP contribution is -2.34. The smallest absolute Gasteiger partial charge is 0.101 e. The van der Waals surface area contributed by atoms with Crippen LogP contribution < -0.4 is 0 Å². The molecular weight excluding hydrogens is 218 g/mol. The summed E-state index contributed by atoms with van der Waals surface area (Å²) < 4.78 is 6.98. The second-order valence-electron chi connectivity index (χ2n) is 4.59. The van der Waals surface area contributed by atoms with Crippen molar-refractivity contribution < 1.29 is 9.84 Å². The fourth-order valence-corrected chi connectivity index (χ4v) is 2.26. The molecule has 0 aromatic carbocycles. The molecule has 0 spiro atoms. The van der Waals surface area contributed by atoms with Gasteiger partial charge in [0.2, 0.25) is 0 Å². The molecule has 0 radical (unpaired) electrons. The molecule has 1 unspecified atom stereocenters. The molecule has 5 heteroatoms. The first kappa shape index (κ1) is 12.1. The Labute approximate surface area is 101 Å². The first-order chi connectivity index (χ1) is 8.10. The van der Waals surface area contributed by atoms with Gasteiger partial charge in [0.1, 0.15) is 6.10 Å². The number of rotatable bonds is 2. The lowest BCUT2D eigenvalue weighted by Gasteiger charge is -2.34. The maximum atomic E-state index is 10.5. The van der Waals surface area contributed by atoms with E-state index in [1.807, 2.05) is 14.0 Å². The van der Waals surface area contributed by atoms with Gasteiger partial charge in [-0.1, -0.05) is 0 Å². The number of hydrogen-bond acceptors (Lipinski definition) is 4. The summed E-state index contributed by atoms with van der Waals surface area (Å²) in [5, 5.41) is 24.0. The van der Waals surface area contributed by atoms with Crippen molar-refractivity contribution >= 4 is 0 Å². The van der Waals surface area contributed by atoms with E-state index >= 15 is 0 Å². The minimum Gasteiger partial charge on any atom is -0.387 e. The number of nitriles is 1. The van der Waals surface area contributed by atoms with E-state index < -0.39 is 11.5 Å². The summed E-state index contributed by atoms with van der Waals surface area (Å²) in [6.07, 6.45) is 2.00. The Morgan fingerprint density at radius 1 is 1.59 bits per heavy atom. The molecule has 92 valence electrons. The van der Waals surface area contributed by atoms with Crippen LogP contribution in [0.5, 0.6) is 0 Å². The van der Waals surface area contributed by atoms with Gasteiger partial charge < -0.3 is 9.84 Å². The Morgan fingerprint density at radius 2 is 2.24 bits per heavy atom. The van der Waals surface area contributed by atoms with Crippen molar-refractivity contribution in [3.63, 3.8) is 0 Å². The first-order valence-corrected chi connectivity index (χ1v) is 5.76. The van der Waals surface area contributed by atoms with Crippen LogP contribution in [0, 0.1) is 23.7 Å². The highest BCUT2D eigenvalue weighted by molar-refractivity contribution is 5.24. The Balaban J connectivity index is 2.32. The SMILES string of the molecule is Cc1c(C(O)C2(C#N)CCOCC2)cnn1C. The topological polar surface area (TPSA) is 71.1 Å². The van der Waals surface area contributed by atoms with Crippen molar-refractivity contribution in [3.8, 4) is 6.07 Å². The van der Waals surface area contributed by atoms with E-state index in [2.05, 4.69) is 11.2 Å². The number of ether oxygens (including phenoxy) is 1. The van der Waals surface area contributed by atoms with E-state index in [4.69, 9.17) is 4.74 Å². The molecule has 0 bridgehead atoms. The number of nitrogens with zero attached hydrogens (tertiary/aromatic N) is 3. The fraction of sp³-hybridized carbons (Fsp3) is 0.667. The van der Waals surface area contributed by atoms with E-state index in [1.54, 1.807) is 10.9 Å². The van der Waals surface area contributed by atoms with E-state index in [0.29, 0.717) is 26.1 Å². The van der Waals surface area contributed by atoms with Gasteiger partial charge in [-0.2, -0.15) is 10.4 Å². The van der Waals surface area contributed by atoms with Crippen molar-refractivity contribution in [2.75, 3.05) is 13.2 Å². The van der Waals surface area contributed by atoms with Gasteiger partial charge in [0.05, 0.1) is 17.7 Å². The molecule has 2 rings (SSSR count).